The number of aliphatic imine (C=N–C) groups is 1. The third-order valence-electron chi connectivity index (χ3n) is 4.62. The highest BCUT2D eigenvalue weighted by Gasteiger charge is 2.53. The maximum Gasteiger partial charge on any atom is 0.194 e. The van der Waals surface area contributed by atoms with Crippen molar-refractivity contribution < 1.29 is 0 Å². The second-order valence-corrected chi connectivity index (χ2v) is 6.53. The second-order valence-electron chi connectivity index (χ2n) is 6.53. The van der Waals surface area contributed by atoms with E-state index in [2.05, 4.69) is 49.9 Å². The molecule has 1 aliphatic rings. The number of nitrogens with zero attached hydrogens (tertiary/aromatic N) is 4. The van der Waals surface area contributed by atoms with Crippen molar-refractivity contribution in [3.05, 3.63) is 18.5 Å². The molecular weight excluding hydrogens is 377 g/mol. The summed E-state index contributed by atoms with van der Waals surface area (Å²) in [6.45, 7) is 14.8. The number of guanidine groups is 1. The molecule has 6 heteroatoms. The van der Waals surface area contributed by atoms with Crippen LogP contribution in [0.1, 0.15) is 34.6 Å². The smallest absolute Gasteiger partial charge is 0.194 e. The van der Waals surface area contributed by atoms with Crippen LogP contribution in [0, 0.1) is 5.41 Å². The second kappa shape index (κ2) is 6.98. The van der Waals surface area contributed by atoms with Gasteiger partial charge in [0.2, 0.25) is 0 Å². The van der Waals surface area contributed by atoms with Gasteiger partial charge in [-0.05, 0) is 26.8 Å². The molecule has 0 atom stereocenters. The zero-order valence-corrected chi connectivity index (χ0v) is 16.1. The van der Waals surface area contributed by atoms with E-state index in [1.54, 1.807) is 6.20 Å². The average molecular weight is 405 g/mol. The van der Waals surface area contributed by atoms with Gasteiger partial charge in [0.25, 0.3) is 0 Å². The number of hydrogen-bond acceptors (Lipinski definition) is 2. The molecule has 0 bridgehead atoms. The van der Waals surface area contributed by atoms with E-state index in [-0.39, 0.29) is 29.5 Å². The van der Waals surface area contributed by atoms with Gasteiger partial charge in [-0.1, -0.05) is 13.8 Å². The summed E-state index contributed by atoms with van der Waals surface area (Å²) in [5, 5.41) is 7.61. The minimum atomic E-state index is 0. The molecule has 0 amide bonds. The summed E-state index contributed by atoms with van der Waals surface area (Å²) in [5.41, 5.74) is 0.463. The Morgan fingerprint density at radius 1 is 1.33 bits per heavy atom. The summed E-state index contributed by atoms with van der Waals surface area (Å²) >= 11 is 0. The van der Waals surface area contributed by atoms with Crippen molar-refractivity contribution >= 4 is 29.9 Å². The molecule has 1 aromatic rings. The van der Waals surface area contributed by atoms with Crippen LogP contribution in [0.5, 0.6) is 0 Å². The number of hydrogen-bond donors (Lipinski definition) is 1. The first-order valence-corrected chi connectivity index (χ1v) is 7.42. The van der Waals surface area contributed by atoms with Gasteiger partial charge in [0, 0.05) is 36.4 Å². The molecule has 2 heterocycles. The van der Waals surface area contributed by atoms with Gasteiger partial charge < -0.3 is 10.2 Å². The molecule has 1 aromatic heterocycles. The van der Waals surface area contributed by atoms with Crippen molar-refractivity contribution in [2.75, 3.05) is 19.6 Å². The zero-order chi connectivity index (χ0) is 14.8. The van der Waals surface area contributed by atoms with Gasteiger partial charge in [-0.25, -0.2) is 0 Å². The predicted octanol–water partition coefficient (Wildman–Crippen LogP) is 2.59. The molecule has 0 aliphatic carbocycles. The zero-order valence-electron chi connectivity index (χ0n) is 13.8. The first kappa shape index (κ1) is 18.3. The standard InChI is InChI=1S/C15H27N5.HI/c1-6-16-13(17-9-11-19-10-7-8-18-19)20-12-14(2,3)15(20,4)5;/h7-8,10H,6,9,11-12H2,1-5H3,(H,16,17);1H. The fourth-order valence-electron chi connectivity index (χ4n) is 2.49. The molecule has 0 spiro atoms. The van der Waals surface area contributed by atoms with Gasteiger partial charge >= 0.3 is 0 Å². The van der Waals surface area contributed by atoms with Crippen LogP contribution in [-0.2, 0) is 6.54 Å². The summed E-state index contributed by atoms with van der Waals surface area (Å²) < 4.78 is 1.91. The first-order valence-electron chi connectivity index (χ1n) is 7.42. The van der Waals surface area contributed by atoms with E-state index < -0.39 is 0 Å². The molecule has 0 radical (unpaired) electrons. The minimum absolute atomic E-state index is 0. The molecule has 2 rings (SSSR count). The molecule has 21 heavy (non-hydrogen) atoms. The van der Waals surface area contributed by atoms with Gasteiger partial charge in [0.15, 0.2) is 5.96 Å². The summed E-state index contributed by atoms with van der Waals surface area (Å²) in [4.78, 5) is 7.12. The third-order valence-corrected chi connectivity index (χ3v) is 4.62. The normalized spacial score (nSPS) is 19.7. The average Bonchev–Trinajstić information content (AvgIpc) is 2.88. The van der Waals surface area contributed by atoms with Crippen molar-refractivity contribution in [1.82, 2.24) is 20.0 Å². The van der Waals surface area contributed by atoms with Crippen molar-refractivity contribution in [2.45, 2.75) is 46.7 Å². The quantitative estimate of drug-likeness (QED) is 0.476. The van der Waals surface area contributed by atoms with Crippen LogP contribution in [0.2, 0.25) is 0 Å². The maximum absolute atomic E-state index is 4.74. The fraction of sp³-hybridized carbons (Fsp3) is 0.733. The lowest BCUT2D eigenvalue weighted by Gasteiger charge is -2.62. The Bertz CT molecular complexity index is 464. The van der Waals surface area contributed by atoms with Crippen LogP contribution >= 0.6 is 24.0 Å². The first-order chi connectivity index (χ1) is 9.38. The predicted molar refractivity (Wildman–Crippen MR) is 98.2 cm³/mol. The number of aromatic nitrogens is 2. The van der Waals surface area contributed by atoms with Gasteiger partial charge in [-0.3, -0.25) is 9.67 Å². The SMILES string of the molecule is CCNC(=NCCn1cccn1)N1CC(C)(C)C1(C)C.I. The number of likely N-dealkylation sites (tertiary alicyclic amines) is 1. The number of halogens is 1. The van der Waals surface area contributed by atoms with Gasteiger partial charge in [-0.15, -0.1) is 24.0 Å². The summed E-state index contributed by atoms with van der Waals surface area (Å²) in [7, 11) is 0. The molecule has 0 unspecified atom stereocenters. The van der Waals surface area contributed by atoms with Crippen molar-refractivity contribution in [2.24, 2.45) is 10.4 Å². The van der Waals surface area contributed by atoms with E-state index >= 15 is 0 Å². The molecule has 0 aromatic carbocycles. The highest BCUT2D eigenvalue weighted by Crippen LogP contribution is 2.46. The molecule has 0 saturated carbocycles. The molecular formula is C15H28IN5. The lowest BCUT2D eigenvalue weighted by atomic mass is 9.65. The highest BCUT2D eigenvalue weighted by atomic mass is 127. The molecule has 5 nitrogen and oxygen atoms in total. The Hall–Kier alpha value is -0.790. The van der Waals surface area contributed by atoms with E-state index in [1.165, 1.54) is 0 Å². The van der Waals surface area contributed by atoms with Crippen LogP contribution < -0.4 is 5.32 Å². The molecule has 1 fully saturated rings. The number of rotatable bonds is 4. The molecule has 1 N–H and O–H groups in total. The molecule has 120 valence electrons. The Labute approximate surface area is 145 Å². The summed E-state index contributed by atoms with van der Waals surface area (Å²) in [5.74, 6) is 1.02. The third kappa shape index (κ3) is 3.70. The molecule has 1 saturated heterocycles. The number of nitrogens with one attached hydrogen (secondary N) is 1. The maximum atomic E-state index is 4.74. The molecule has 1 aliphatic heterocycles. The Kier molecular flexibility index (Phi) is 6.07. The lowest BCUT2D eigenvalue weighted by Crippen LogP contribution is -2.72. The van der Waals surface area contributed by atoms with Gasteiger partial charge in [0.1, 0.15) is 0 Å². The van der Waals surface area contributed by atoms with Crippen LogP contribution in [0.15, 0.2) is 23.5 Å². The van der Waals surface area contributed by atoms with E-state index in [1.807, 2.05) is 16.9 Å². The van der Waals surface area contributed by atoms with E-state index in [9.17, 15) is 0 Å². The van der Waals surface area contributed by atoms with E-state index in [4.69, 9.17) is 4.99 Å². The summed E-state index contributed by atoms with van der Waals surface area (Å²) in [6.07, 6.45) is 3.77. The van der Waals surface area contributed by atoms with Gasteiger partial charge in [-0.2, -0.15) is 5.10 Å². The van der Waals surface area contributed by atoms with Crippen LogP contribution in [-0.4, -0.2) is 45.8 Å². The lowest BCUT2D eigenvalue weighted by molar-refractivity contribution is -0.0667. The van der Waals surface area contributed by atoms with Crippen LogP contribution in [0.25, 0.3) is 0 Å². The Morgan fingerprint density at radius 3 is 2.52 bits per heavy atom. The van der Waals surface area contributed by atoms with Crippen molar-refractivity contribution in [3.63, 3.8) is 0 Å². The van der Waals surface area contributed by atoms with Crippen LogP contribution in [0.3, 0.4) is 0 Å². The van der Waals surface area contributed by atoms with Crippen LogP contribution in [0.4, 0.5) is 0 Å². The Morgan fingerprint density at radius 2 is 2.05 bits per heavy atom. The van der Waals surface area contributed by atoms with Crippen molar-refractivity contribution in [1.29, 1.82) is 0 Å². The van der Waals surface area contributed by atoms with E-state index in [0.29, 0.717) is 5.41 Å². The van der Waals surface area contributed by atoms with Crippen molar-refractivity contribution in [3.8, 4) is 0 Å². The topological polar surface area (TPSA) is 45.5 Å². The fourth-order valence-corrected chi connectivity index (χ4v) is 2.49. The van der Waals surface area contributed by atoms with Gasteiger partial charge in [0.05, 0.1) is 13.1 Å². The Balaban J connectivity index is 0.00000220. The largest absolute Gasteiger partial charge is 0.356 e. The summed E-state index contributed by atoms with van der Waals surface area (Å²) in [6, 6.07) is 1.94. The van der Waals surface area contributed by atoms with E-state index in [0.717, 1.165) is 32.1 Å². The monoisotopic (exact) mass is 405 g/mol. The minimum Gasteiger partial charge on any atom is -0.356 e. The highest BCUT2D eigenvalue weighted by molar-refractivity contribution is 14.0.